The Morgan fingerprint density at radius 1 is 1.26 bits per heavy atom. The lowest BCUT2D eigenvalue weighted by atomic mass is 10.2. The first-order chi connectivity index (χ1) is 8.82. The second kappa shape index (κ2) is 6.52. The van der Waals surface area contributed by atoms with Crippen LogP contribution in [0.1, 0.15) is 19.4 Å². The van der Waals surface area contributed by atoms with Crippen LogP contribution in [0.3, 0.4) is 0 Å². The second-order valence-electron chi connectivity index (χ2n) is 4.87. The number of hydrogen-bond acceptors (Lipinski definition) is 3. The van der Waals surface area contributed by atoms with Gasteiger partial charge in [-0.3, -0.25) is 4.79 Å². The van der Waals surface area contributed by atoms with Crippen LogP contribution < -0.4 is 10.6 Å². The van der Waals surface area contributed by atoms with Crippen molar-refractivity contribution in [2.75, 3.05) is 25.5 Å². The van der Waals surface area contributed by atoms with E-state index in [4.69, 9.17) is 18.0 Å². The highest BCUT2D eigenvalue weighted by molar-refractivity contribution is 7.80. The zero-order chi connectivity index (χ0) is 14.6. The average molecular weight is 279 g/mol. The molecule has 0 fully saturated rings. The molecule has 1 amide bonds. The average Bonchev–Trinajstić information content (AvgIpc) is 2.37. The fraction of sp³-hybridized carbons (Fsp3) is 0.429. The lowest BCUT2D eigenvalue weighted by Gasteiger charge is -2.26. The van der Waals surface area contributed by atoms with Crippen LogP contribution in [0.5, 0.6) is 0 Å². The van der Waals surface area contributed by atoms with Crippen molar-refractivity contribution in [2.45, 2.75) is 19.9 Å². The predicted octanol–water partition coefficient (Wildman–Crippen LogP) is 1.62. The smallest absolute Gasteiger partial charge is 0.242 e. The van der Waals surface area contributed by atoms with Gasteiger partial charge in [-0.2, -0.15) is 0 Å². The molecule has 0 aliphatic carbocycles. The number of amides is 1. The van der Waals surface area contributed by atoms with Crippen molar-refractivity contribution in [3.63, 3.8) is 0 Å². The van der Waals surface area contributed by atoms with Crippen molar-refractivity contribution in [1.29, 1.82) is 0 Å². The van der Waals surface area contributed by atoms with E-state index in [0.717, 1.165) is 11.3 Å². The van der Waals surface area contributed by atoms with Crippen molar-refractivity contribution in [1.82, 2.24) is 4.90 Å². The van der Waals surface area contributed by atoms with E-state index in [-0.39, 0.29) is 11.9 Å². The summed E-state index contributed by atoms with van der Waals surface area (Å²) in [6.45, 7) is 4.34. The van der Waals surface area contributed by atoms with Crippen molar-refractivity contribution in [3.8, 4) is 0 Å². The summed E-state index contributed by atoms with van der Waals surface area (Å²) in [6, 6.07) is 7.77. The molecular formula is C14H21N3OS. The maximum absolute atomic E-state index is 12.0. The Bertz CT molecular complexity index is 456. The van der Waals surface area contributed by atoms with Gasteiger partial charge in [-0.1, -0.05) is 12.2 Å². The summed E-state index contributed by atoms with van der Waals surface area (Å²) in [6.07, 6.45) is 0. The Balaban J connectivity index is 2.70. The molecule has 1 aromatic carbocycles. The quantitative estimate of drug-likeness (QED) is 0.832. The summed E-state index contributed by atoms with van der Waals surface area (Å²) in [7, 11) is 3.71. The molecule has 19 heavy (non-hydrogen) atoms. The van der Waals surface area contributed by atoms with Crippen molar-refractivity contribution >= 4 is 28.8 Å². The lowest BCUT2D eigenvalue weighted by Crippen LogP contribution is -2.40. The van der Waals surface area contributed by atoms with Crippen LogP contribution in [0.2, 0.25) is 0 Å². The minimum atomic E-state index is 0.0934. The highest BCUT2D eigenvalue weighted by Gasteiger charge is 2.14. The number of nitrogens with zero attached hydrogens (tertiary/aromatic N) is 2. The molecule has 2 N–H and O–H groups in total. The molecule has 0 bridgehead atoms. The van der Waals surface area contributed by atoms with E-state index in [1.807, 2.05) is 57.1 Å². The molecule has 0 aliphatic rings. The third-order valence-corrected chi connectivity index (χ3v) is 3.37. The van der Waals surface area contributed by atoms with Gasteiger partial charge in [0.2, 0.25) is 5.91 Å². The van der Waals surface area contributed by atoms with Crippen LogP contribution in [0.25, 0.3) is 0 Å². The first-order valence-corrected chi connectivity index (χ1v) is 6.60. The van der Waals surface area contributed by atoms with Crippen molar-refractivity contribution in [3.05, 3.63) is 29.8 Å². The number of carbonyl (C=O) groups excluding carboxylic acids is 1. The van der Waals surface area contributed by atoms with E-state index in [9.17, 15) is 4.79 Å². The first-order valence-electron chi connectivity index (χ1n) is 6.19. The molecule has 0 heterocycles. The van der Waals surface area contributed by atoms with E-state index < -0.39 is 0 Å². The zero-order valence-corrected chi connectivity index (χ0v) is 12.7. The standard InChI is InChI=1S/C14H21N3OS/c1-10(2)17(4)13(18)9-16(3)12-7-5-11(6-8-12)14(15)19/h5-8,10H,9H2,1-4H3,(H2,15,19). The third-order valence-electron chi connectivity index (χ3n) is 3.13. The molecule has 0 aromatic heterocycles. The van der Waals surface area contributed by atoms with Gasteiger partial charge >= 0.3 is 0 Å². The van der Waals surface area contributed by atoms with Gasteiger partial charge in [0, 0.05) is 31.4 Å². The molecule has 0 spiro atoms. The summed E-state index contributed by atoms with van der Waals surface area (Å²) in [5.74, 6) is 0.0934. The van der Waals surface area contributed by atoms with Gasteiger partial charge in [-0.25, -0.2) is 0 Å². The summed E-state index contributed by atoms with van der Waals surface area (Å²) in [5.41, 5.74) is 7.35. The number of anilines is 1. The van der Waals surface area contributed by atoms with Crippen LogP contribution in [-0.2, 0) is 4.79 Å². The van der Waals surface area contributed by atoms with Gasteiger partial charge in [0.1, 0.15) is 4.99 Å². The minimum absolute atomic E-state index is 0.0934. The molecule has 0 unspecified atom stereocenters. The molecule has 5 heteroatoms. The van der Waals surface area contributed by atoms with E-state index in [2.05, 4.69) is 0 Å². The Kier molecular flexibility index (Phi) is 5.30. The SMILES string of the molecule is CC(C)N(C)C(=O)CN(C)c1ccc(C(N)=S)cc1. The Morgan fingerprint density at radius 2 is 1.79 bits per heavy atom. The van der Waals surface area contributed by atoms with Crippen LogP contribution in [0.15, 0.2) is 24.3 Å². The van der Waals surface area contributed by atoms with Crippen LogP contribution >= 0.6 is 12.2 Å². The van der Waals surface area contributed by atoms with Gasteiger partial charge in [0.05, 0.1) is 6.54 Å². The largest absolute Gasteiger partial charge is 0.389 e. The van der Waals surface area contributed by atoms with E-state index in [0.29, 0.717) is 11.5 Å². The summed E-state index contributed by atoms with van der Waals surface area (Å²) < 4.78 is 0. The fourth-order valence-corrected chi connectivity index (χ4v) is 1.71. The second-order valence-corrected chi connectivity index (χ2v) is 5.31. The third kappa shape index (κ3) is 4.21. The van der Waals surface area contributed by atoms with Gasteiger partial charge in [0.15, 0.2) is 0 Å². The molecule has 0 saturated heterocycles. The molecule has 0 atom stereocenters. The van der Waals surface area contributed by atoms with E-state index >= 15 is 0 Å². The van der Waals surface area contributed by atoms with Gasteiger partial charge in [-0.15, -0.1) is 0 Å². The molecule has 0 aliphatic heterocycles. The first kappa shape index (κ1) is 15.4. The van der Waals surface area contributed by atoms with Gasteiger partial charge < -0.3 is 15.5 Å². The molecule has 1 rings (SSSR count). The maximum Gasteiger partial charge on any atom is 0.242 e. The minimum Gasteiger partial charge on any atom is -0.389 e. The highest BCUT2D eigenvalue weighted by atomic mass is 32.1. The zero-order valence-electron chi connectivity index (χ0n) is 11.9. The van der Waals surface area contributed by atoms with E-state index in [1.165, 1.54) is 0 Å². The fourth-order valence-electron chi connectivity index (χ4n) is 1.57. The van der Waals surface area contributed by atoms with Crippen molar-refractivity contribution < 1.29 is 4.79 Å². The molecular weight excluding hydrogens is 258 g/mol. The summed E-state index contributed by atoms with van der Waals surface area (Å²) >= 11 is 4.91. The number of hydrogen-bond donors (Lipinski definition) is 1. The Labute approximate surface area is 120 Å². The number of thiocarbonyl (C=S) groups is 1. The molecule has 0 saturated carbocycles. The highest BCUT2D eigenvalue weighted by Crippen LogP contribution is 2.14. The number of likely N-dealkylation sites (N-methyl/N-ethyl adjacent to an activating group) is 2. The number of rotatable bonds is 5. The number of benzene rings is 1. The molecule has 1 aromatic rings. The topological polar surface area (TPSA) is 49.6 Å². The lowest BCUT2D eigenvalue weighted by molar-refractivity contribution is -0.129. The van der Waals surface area contributed by atoms with Crippen LogP contribution in [0, 0.1) is 0 Å². The van der Waals surface area contributed by atoms with Crippen LogP contribution in [-0.4, -0.2) is 42.5 Å². The molecule has 0 radical (unpaired) electrons. The maximum atomic E-state index is 12.0. The van der Waals surface area contributed by atoms with E-state index in [1.54, 1.807) is 4.90 Å². The number of carbonyl (C=O) groups is 1. The predicted molar refractivity (Wildman–Crippen MR) is 83.5 cm³/mol. The Morgan fingerprint density at radius 3 is 2.21 bits per heavy atom. The number of nitrogens with two attached hydrogens (primary N) is 1. The monoisotopic (exact) mass is 279 g/mol. The van der Waals surface area contributed by atoms with Gasteiger partial charge in [0.25, 0.3) is 0 Å². The summed E-state index contributed by atoms with van der Waals surface area (Å²) in [5, 5.41) is 0. The van der Waals surface area contributed by atoms with Gasteiger partial charge in [-0.05, 0) is 38.1 Å². The molecule has 104 valence electrons. The van der Waals surface area contributed by atoms with Crippen LogP contribution in [0.4, 0.5) is 5.69 Å². The van der Waals surface area contributed by atoms with Crippen molar-refractivity contribution in [2.24, 2.45) is 5.73 Å². The normalized spacial score (nSPS) is 10.4. The summed E-state index contributed by atoms with van der Waals surface area (Å²) in [4.78, 5) is 16.0. The Hall–Kier alpha value is -1.62. The molecule has 4 nitrogen and oxygen atoms in total.